The quantitative estimate of drug-likeness (QED) is 0.714. The van der Waals surface area contributed by atoms with Crippen LogP contribution in [-0.2, 0) is 11.2 Å². The Bertz CT molecular complexity index is 714. The molecule has 4 nitrogen and oxygen atoms in total. The van der Waals surface area contributed by atoms with E-state index in [2.05, 4.69) is 17.6 Å². The zero-order valence-corrected chi connectivity index (χ0v) is 14.3. The second kappa shape index (κ2) is 9.57. The van der Waals surface area contributed by atoms with Crippen LogP contribution in [0.2, 0.25) is 0 Å². The van der Waals surface area contributed by atoms with Crippen LogP contribution >= 0.6 is 0 Å². The minimum absolute atomic E-state index is 0.173. The molecule has 132 valence electrons. The topological polar surface area (TPSA) is 58.2 Å². The lowest BCUT2D eigenvalue weighted by atomic mass is 10.1. The minimum atomic E-state index is -0.430. The highest BCUT2D eigenvalue weighted by Gasteiger charge is 2.08. The summed E-state index contributed by atoms with van der Waals surface area (Å²) >= 11 is 0. The van der Waals surface area contributed by atoms with E-state index < -0.39 is 11.7 Å². The Hall–Kier alpha value is -2.69. The van der Waals surface area contributed by atoms with Crippen LogP contribution in [0.4, 0.5) is 10.1 Å². The molecule has 0 radical (unpaired) electrons. The first-order valence-electron chi connectivity index (χ1n) is 8.51. The molecule has 0 aliphatic carbocycles. The van der Waals surface area contributed by atoms with Gasteiger partial charge in [0.05, 0.1) is 6.54 Å². The molecular weight excluding hydrogens is 319 g/mol. The van der Waals surface area contributed by atoms with E-state index in [9.17, 15) is 14.0 Å². The molecule has 2 rings (SSSR count). The Morgan fingerprint density at radius 3 is 2.48 bits per heavy atom. The molecule has 0 atom stereocenters. The van der Waals surface area contributed by atoms with E-state index >= 15 is 0 Å². The molecule has 2 N–H and O–H groups in total. The van der Waals surface area contributed by atoms with Gasteiger partial charge in [-0.3, -0.25) is 9.59 Å². The molecule has 0 aliphatic heterocycles. The van der Waals surface area contributed by atoms with Crippen molar-refractivity contribution in [2.75, 3.05) is 11.9 Å². The normalized spacial score (nSPS) is 10.3. The predicted molar refractivity (Wildman–Crippen MR) is 97.0 cm³/mol. The summed E-state index contributed by atoms with van der Waals surface area (Å²) in [5, 5.41) is 5.09. The van der Waals surface area contributed by atoms with Gasteiger partial charge in [-0.05, 0) is 48.7 Å². The summed E-state index contributed by atoms with van der Waals surface area (Å²) in [6.45, 7) is 1.99. The first-order valence-corrected chi connectivity index (χ1v) is 8.51. The monoisotopic (exact) mass is 342 g/mol. The lowest BCUT2D eigenvalue weighted by Crippen LogP contribution is -2.32. The first kappa shape index (κ1) is 18.6. The smallest absolute Gasteiger partial charge is 0.251 e. The molecule has 0 unspecified atom stereocenters. The Kier molecular flexibility index (Phi) is 7.14. The third kappa shape index (κ3) is 6.37. The third-order valence-electron chi connectivity index (χ3n) is 3.80. The molecule has 0 spiro atoms. The van der Waals surface area contributed by atoms with Crippen LogP contribution < -0.4 is 10.6 Å². The number of carbonyl (C=O) groups excluding carboxylic acids is 2. The molecular formula is C20H23FN2O2. The van der Waals surface area contributed by atoms with Crippen LogP contribution in [0.25, 0.3) is 0 Å². The molecule has 25 heavy (non-hydrogen) atoms. The van der Waals surface area contributed by atoms with Crippen LogP contribution in [0.15, 0.2) is 48.5 Å². The first-order chi connectivity index (χ1) is 12.1. The van der Waals surface area contributed by atoms with Crippen molar-refractivity contribution < 1.29 is 14.0 Å². The van der Waals surface area contributed by atoms with Gasteiger partial charge in [-0.15, -0.1) is 0 Å². The number of aryl methyl sites for hydroxylation is 1. The largest absolute Gasteiger partial charge is 0.343 e. The van der Waals surface area contributed by atoms with Crippen molar-refractivity contribution in [3.8, 4) is 0 Å². The number of hydrogen-bond acceptors (Lipinski definition) is 2. The third-order valence-corrected chi connectivity index (χ3v) is 3.80. The Morgan fingerprint density at radius 1 is 1.04 bits per heavy atom. The number of halogens is 1. The number of amides is 2. The van der Waals surface area contributed by atoms with E-state index in [-0.39, 0.29) is 12.5 Å². The lowest BCUT2D eigenvalue weighted by molar-refractivity contribution is -0.115. The van der Waals surface area contributed by atoms with E-state index in [0.29, 0.717) is 11.3 Å². The summed E-state index contributed by atoms with van der Waals surface area (Å²) in [5.74, 6) is -1.15. The maximum absolute atomic E-state index is 13.1. The number of rotatable bonds is 8. The van der Waals surface area contributed by atoms with Crippen molar-refractivity contribution in [1.82, 2.24) is 5.32 Å². The Labute approximate surface area is 147 Å². The number of unbranched alkanes of at least 4 members (excludes halogenated alkanes) is 2. The summed E-state index contributed by atoms with van der Waals surface area (Å²) < 4.78 is 13.1. The highest BCUT2D eigenvalue weighted by molar-refractivity contribution is 5.99. The number of anilines is 1. The Balaban J connectivity index is 1.80. The van der Waals surface area contributed by atoms with Crippen molar-refractivity contribution in [2.24, 2.45) is 0 Å². The maximum atomic E-state index is 13.1. The Morgan fingerprint density at radius 2 is 1.80 bits per heavy atom. The van der Waals surface area contributed by atoms with Crippen LogP contribution in [0, 0.1) is 5.82 Å². The van der Waals surface area contributed by atoms with Crippen LogP contribution in [0.3, 0.4) is 0 Å². The van der Waals surface area contributed by atoms with E-state index in [1.165, 1.54) is 36.6 Å². The molecule has 0 fully saturated rings. The minimum Gasteiger partial charge on any atom is -0.343 e. The van der Waals surface area contributed by atoms with Gasteiger partial charge >= 0.3 is 0 Å². The molecule has 0 aromatic heterocycles. The van der Waals surface area contributed by atoms with Gasteiger partial charge in [-0.2, -0.15) is 0 Å². The van der Waals surface area contributed by atoms with Crippen LogP contribution in [0.5, 0.6) is 0 Å². The van der Waals surface area contributed by atoms with Gasteiger partial charge in [0.15, 0.2) is 0 Å². The molecule has 2 aromatic rings. The number of hydrogen-bond donors (Lipinski definition) is 2. The van der Waals surface area contributed by atoms with Gasteiger partial charge in [-0.1, -0.05) is 38.0 Å². The molecule has 0 aliphatic rings. The second-order valence-electron chi connectivity index (χ2n) is 5.90. The van der Waals surface area contributed by atoms with E-state index in [1.54, 1.807) is 18.2 Å². The van der Waals surface area contributed by atoms with Gasteiger partial charge in [0.1, 0.15) is 5.82 Å². The fraction of sp³-hybridized carbons (Fsp3) is 0.300. The van der Waals surface area contributed by atoms with Gasteiger partial charge < -0.3 is 10.6 Å². The molecule has 0 saturated carbocycles. The molecule has 5 heteroatoms. The fourth-order valence-corrected chi connectivity index (χ4v) is 2.44. The lowest BCUT2D eigenvalue weighted by Gasteiger charge is -2.08. The molecule has 0 heterocycles. The SMILES string of the molecule is CCCCCc1ccc(C(=O)NCC(=O)Nc2cccc(F)c2)cc1. The van der Waals surface area contributed by atoms with E-state index in [0.717, 1.165) is 12.8 Å². The average Bonchev–Trinajstić information content (AvgIpc) is 2.60. The average molecular weight is 342 g/mol. The van der Waals surface area contributed by atoms with Gasteiger partial charge in [-0.25, -0.2) is 4.39 Å². The van der Waals surface area contributed by atoms with Crippen molar-refractivity contribution in [3.05, 3.63) is 65.5 Å². The van der Waals surface area contributed by atoms with Gasteiger partial charge in [0.2, 0.25) is 5.91 Å². The summed E-state index contributed by atoms with van der Waals surface area (Å²) in [6.07, 6.45) is 4.52. The van der Waals surface area contributed by atoms with Crippen LogP contribution in [-0.4, -0.2) is 18.4 Å². The van der Waals surface area contributed by atoms with Crippen molar-refractivity contribution in [1.29, 1.82) is 0 Å². The summed E-state index contributed by atoms with van der Waals surface area (Å²) in [5.41, 5.74) is 2.07. The van der Waals surface area contributed by atoms with Crippen LogP contribution in [0.1, 0.15) is 42.1 Å². The zero-order chi connectivity index (χ0) is 18.1. The number of benzene rings is 2. The number of nitrogens with one attached hydrogen (secondary N) is 2. The zero-order valence-electron chi connectivity index (χ0n) is 14.3. The molecule has 0 bridgehead atoms. The molecule has 2 amide bonds. The van der Waals surface area contributed by atoms with E-state index in [1.807, 2.05) is 12.1 Å². The van der Waals surface area contributed by atoms with Crippen molar-refractivity contribution in [2.45, 2.75) is 32.6 Å². The van der Waals surface area contributed by atoms with E-state index in [4.69, 9.17) is 0 Å². The maximum Gasteiger partial charge on any atom is 0.251 e. The molecule has 0 saturated heterocycles. The standard InChI is InChI=1S/C20H23FN2O2/c1-2-3-4-6-15-9-11-16(12-10-15)20(25)22-14-19(24)23-18-8-5-7-17(21)13-18/h5,7-13H,2-4,6,14H2,1H3,(H,22,25)(H,23,24). The highest BCUT2D eigenvalue weighted by atomic mass is 19.1. The van der Waals surface area contributed by atoms with Crippen molar-refractivity contribution >= 4 is 17.5 Å². The summed E-state index contributed by atoms with van der Waals surface area (Å²) in [4.78, 5) is 23.9. The highest BCUT2D eigenvalue weighted by Crippen LogP contribution is 2.10. The summed E-state index contributed by atoms with van der Waals surface area (Å²) in [7, 11) is 0. The fourth-order valence-electron chi connectivity index (χ4n) is 2.44. The molecule has 2 aromatic carbocycles. The predicted octanol–water partition coefficient (Wildman–Crippen LogP) is 3.93. The number of carbonyl (C=O) groups is 2. The van der Waals surface area contributed by atoms with Crippen molar-refractivity contribution in [3.63, 3.8) is 0 Å². The van der Waals surface area contributed by atoms with Gasteiger partial charge in [0, 0.05) is 11.3 Å². The second-order valence-corrected chi connectivity index (χ2v) is 5.90. The van der Waals surface area contributed by atoms with Gasteiger partial charge in [0.25, 0.3) is 5.91 Å². The summed E-state index contributed by atoms with van der Waals surface area (Å²) in [6, 6.07) is 13.0.